The van der Waals surface area contributed by atoms with E-state index in [4.69, 9.17) is 18.8 Å². The van der Waals surface area contributed by atoms with Gasteiger partial charge in [0, 0.05) is 26.7 Å². The molecule has 0 aromatic heterocycles. The second kappa shape index (κ2) is 7.89. The van der Waals surface area contributed by atoms with Crippen LogP contribution in [0.1, 0.15) is 40.5 Å². The average molecular weight is 361 g/mol. The molecule has 0 aliphatic carbocycles. The van der Waals surface area contributed by atoms with Crippen molar-refractivity contribution in [3.05, 3.63) is 24.3 Å². The zero-order valence-corrected chi connectivity index (χ0v) is 16.8. The molecule has 26 heavy (non-hydrogen) atoms. The Bertz CT molecular complexity index is 566. The van der Waals surface area contributed by atoms with Crippen LogP contribution in [0.25, 0.3) is 0 Å². The fourth-order valence-electron chi connectivity index (χ4n) is 3.35. The molecule has 0 atom stereocenters. The van der Waals surface area contributed by atoms with E-state index in [1.54, 1.807) is 7.11 Å². The minimum atomic E-state index is -0.321. The molecule has 2 aliphatic heterocycles. The first-order valence-corrected chi connectivity index (χ1v) is 9.64. The van der Waals surface area contributed by atoms with Crippen molar-refractivity contribution in [3.8, 4) is 5.75 Å². The summed E-state index contributed by atoms with van der Waals surface area (Å²) in [5, 5.41) is 0. The summed E-state index contributed by atoms with van der Waals surface area (Å²) in [6.07, 6.45) is 2.40. The summed E-state index contributed by atoms with van der Waals surface area (Å²) in [6, 6.07) is 8.14. The van der Waals surface area contributed by atoms with Crippen LogP contribution in [-0.2, 0) is 14.0 Å². The lowest BCUT2D eigenvalue weighted by molar-refractivity contribution is 0.00578. The highest BCUT2D eigenvalue weighted by molar-refractivity contribution is 6.62. The monoisotopic (exact) mass is 361 g/mol. The Kier molecular flexibility index (Phi) is 5.97. The van der Waals surface area contributed by atoms with E-state index in [0.717, 1.165) is 50.3 Å². The molecule has 0 bridgehead atoms. The first-order valence-electron chi connectivity index (χ1n) is 9.64. The van der Waals surface area contributed by atoms with Gasteiger partial charge in [0.1, 0.15) is 11.9 Å². The summed E-state index contributed by atoms with van der Waals surface area (Å²) in [4.78, 5) is 2.44. The molecule has 2 fully saturated rings. The summed E-state index contributed by atoms with van der Waals surface area (Å²) in [7, 11) is 1.43. The lowest BCUT2D eigenvalue weighted by atomic mass is 9.79. The standard InChI is InChI=1S/C20H32BNO4/c1-19(2)20(3,4)26-21(25-19)16-6-8-17(9-7-16)24-18-10-12-22(13-11-18)14-15-23-5/h6-9,18H,10-15H2,1-5H3. The predicted octanol–water partition coefficient (Wildman–Crippen LogP) is 2.48. The van der Waals surface area contributed by atoms with E-state index >= 15 is 0 Å². The molecule has 2 aliphatic rings. The molecule has 2 saturated heterocycles. The van der Waals surface area contributed by atoms with E-state index in [-0.39, 0.29) is 24.4 Å². The highest BCUT2D eigenvalue weighted by Gasteiger charge is 2.51. The SMILES string of the molecule is COCCN1CCC(Oc2ccc(B3OC(C)(C)C(C)(C)O3)cc2)CC1. The van der Waals surface area contributed by atoms with Gasteiger partial charge >= 0.3 is 7.12 Å². The van der Waals surface area contributed by atoms with Gasteiger partial charge in [-0.05, 0) is 58.1 Å². The first-order chi connectivity index (χ1) is 12.3. The minimum absolute atomic E-state index is 0.288. The second-order valence-electron chi connectivity index (χ2n) is 8.31. The predicted molar refractivity (Wildman–Crippen MR) is 104 cm³/mol. The third-order valence-corrected chi connectivity index (χ3v) is 5.85. The van der Waals surface area contributed by atoms with Gasteiger partial charge in [0.15, 0.2) is 0 Å². The van der Waals surface area contributed by atoms with Crippen LogP contribution in [0.2, 0.25) is 0 Å². The minimum Gasteiger partial charge on any atom is -0.490 e. The number of piperidine rings is 1. The number of benzene rings is 1. The van der Waals surface area contributed by atoms with Crippen molar-refractivity contribution in [3.63, 3.8) is 0 Å². The van der Waals surface area contributed by atoms with E-state index in [0.29, 0.717) is 0 Å². The van der Waals surface area contributed by atoms with Gasteiger partial charge < -0.3 is 23.7 Å². The number of nitrogens with zero attached hydrogens (tertiary/aromatic N) is 1. The summed E-state index contributed by atoms with van der Waals surface area (Å²) < 4.78 is 23.5. The Morgan fingerprint density at radius 3 is 2.15 bits per heavy atom. The van der Waals surface area contributed by atoms with Crippen molar-refractivity contribution in [2.45, 2.75) is 57.8 Å². The van der Waals surface area contributed by atoms with Crippen LogP contribution < -0.4 is 10.2 Å². The van der Waals surface area contributed by atoms with E-state index in [1.807, 2.05) is 24.3 Å². The summed E-state index contributed by atoms with van der Waals surface area (Å²) in [6.45, 7) is 12.2. The maximum Gasteiger partial charge on any atom is 0.494 e. The Morgan fingerprint density at radius 2 is 1.62 bits per heavy atom. The largest absolute Gasteiger partial charge is 0.494 e. The fourth-order valence-corrected chi connectivity index (χ4v) is 3.35. The van der Waals surface area contributed by atoms with Gasteiger partial charge in [-0.1, -0.05) is 12.1 Å². The van der Waals surface area contributed by atoms with E-state index in [1.165, 1.54) is 0 Å². The topological polar surface area (TPSA) is 40.2 Å². The molecule has 1 aromatic rings. The first kappa shape index (κ1) is 19.7. The molecule has 3 rings (SSSR count). The van der Waals surface area contributed by atoms with Crippen LogP contribution in [0, 0.1) is 0 Å². The van der Waals surface area contributed by atoms with E-state index < -0.39 is 0 Å². The highest BCUT2D eigenvalue weighted by Crippen LogP contribution is 2.36. The van der Waals surface area contributed by atoms with Gasteiger partial charge in [-0.2, -0.15) is 0 Å². The van der Waals surface area contributed by atoms with Gasteiger partial charge in [-0.3, -0.25) is 0 Å². The van der Waals surface area contributed by atoms with Crippen molar-refractivity contribution in [2.75, 3.05) is 33.4 Å². The van der Waals surface area contributed by atoms with E-state index in [9.17, 15) is 0 Å². The van der Waals surface area contributed by atoms with Gasteiger partial charge in [0.05, 0.1) is 17.8 Å². The third-order valence-electron chi connectivity index (χ3n) is 5.85. The lowest BCUT2D eigenvalue weighted by Crippen LogP contribution is -2.41. The summed E-state index contributed by atoms with van der Waals surface area (Å²) in [5.41, 5.74) is 0.401. The molecule has 0 amide bonds. The maximum absolute atomic E-state index is 6.17. The Morgan fingerprint density at radius 1 is 1.04 bits per heavy atom. The van der Waals surface area contributed by atoms with Crippen molar-refractivity contribution in [1.29, 1.82) is 0 Å². The fraction of sp³-hybridized carbons (Fsp3) is 0.700. The van der Waals surface area contributed by atoms with Crippen LogP contribution in [0.15, 0.2) is 24.3 Å². The normalized spacial score (nSPS) is 23.3. The molecular formula is C20H32BNO4. The summed E-state index contributed by atoms with van der Waals surface area (Å²) in [5.74, 6) is 0.917. The molecule has 1 aromatic carbocycles. The molecule has 6 heteroatoms. The van der Waals surface area contributed by atoms with Crippen molar-refractivity contribution < 1.29 is 18.8 Å². The van der Waals surface area contributed by atoms with Crippen LogP contribution in [-0.4, -0.2) is 62.7 Å². The second-order valence-corrected chi connectivity index (χ2v) is 8.31. The molecule has 5 nitrogen and oxygen atoms in total. The van der Waals surface area contributed by atoms with Crippen molar-refractivity contribution in [1.82, 2.24) is 4.90 Å². The van der Waals surface area contributed by atoms with Gasteiger partial charge in [0.2, 0.25) is 0 Å². The zero-order valence-electron chi connectivity index (χ0n) is 16.8. The third kappa shape index (κ3) is 4.42. The lowest BCUT2D eigenvalue weighted by Gasteiger charge is -2.32. The van der Waals surface area contributed by atoms with Crippen LogP contribution >= 0.6 is 0 Å². The average Bonchev–Trinajstić information content (AvgIpc) is 2.83. The highest BCUT2D eigenvalue weighted by atomic mass is 16.7. The van der Waals surface area contributed by atoms with Crippen LogP contribution in [0.3, 0.4) is 0 Å². The molecular weight excluding hydrogens is 329 g/mol. The van der Waals surface area contributed by atoms with Crippen LogP contribution in [0.5, 0.6) is 5.75 Å². The molecule has 0 saturated carbocycles. The van der Waals surface area contributed by atoms with Crippen molar-refractivity contribution >= 4 is 12.6 Å². The molecule has 144 valence electrons. The number of ether oxygens (including phenoxy) is 2. The number of methoxy groups -OCH3 is 1. The summed E-state index contributed by atoms with van der Waals surface area (Å²) >= 11 is 0. The smallest absolute Gasteiger partial charge is 0.490 e. The van der Waals surface area contributed by atoms with Gasteiger partial charge in [-0.15, -0.1) is 0 Å². The van der Waals surface area contributed by atoms with Gasteiger partial charge in [-0.25, -0.2) is 0 Å². The number of rotatable bonds is 6. The number of likely N-dealkylation sites (tertiary alicyclic amines) is 1. The Labute approximate surface area is 158 Å². The molecule has 0 unspecified atom stereocenters. The molecule has 2 heterocycles. The van der Waals surface area contributed by atoms with Gasteiger partial charge in [0.25, 0.3) is 0 Å². The van der Waals surface area contributed by atoms with E-state index in [2.05, 4.69) is 32.6 Å². The Hall–Kier alpha value is -1.08. The number of hydrogen-bond acceptors (Lipinski definition) is 5. The number of hydrogen-bond donors (Lipinski definition) is 0. The Balaban J connectivity index is 1.51. The molecule has 0 radical (unpaired) electrons. The van der Waals surface area contributed by atoms with Crippen molar-refractivity contribution in [2.24, 2.45) is 0 Å². The van der Waals surface area contributed by atoms with Crippen LogP contribution in [0.4, 0.5) is 0 Å². The molecule has 0 N–H and O–H groups in total. The maximum atomic E-state index is 6.17. The molecule has 0 spiro atoms. The zero-order chi connectivity index (χ0) is 18.8. The quantitative estimate of drug-likeness (QED) is 0.728.